The number of hydrogen-bond acceptors (Lipinski definition) is 7. The number of imidazole rings is 1. The molecule has 10 aromatic rings. The van der Waals surface area contributed by atoms with Crippen molar-refractivity contribution < 1.29 is 4.39 Å². The van der Waals surface area contributed by atoms with Crippen molar-refractivity contribution in [2.75, 3.05) is 0 Å². The first-order valence-electron chi connectivity index (χ1n) is 18.8. The standard InChI is InChI=1S/C49H31FN8/c50-39-25-27-40(28-26-39)58-42-24-14-13-23-41(42)51-49(58)38-30-36(47-54-43(32-15-5-1-6-16-32)52-44(55-47)33-17-7-2-8-18-33)29-37(31-38)48-56-45(34-19-9-3-10-20-34)53-46(57-48)35-21-11-4-12-22-35/h1-31H. The van der Waals surface area contributed by atoms with Crippen LogP contribution in [-0.4, -0.2) is 39.5 Å². The van der Waals surface area contributed by atoms with Crippen LogP contribution in [0.2, 0.25) is 0 Å². The fourth-order valence-electron chi connectivity index (χ4n) is 6.96. The lowest BCUT2D eigenvalue weighted by molar-refractivity contribution is 0.627. The van der Waals surface area contributed by atoms with Gasteiger partial charge in [0.05, 0.1) is 11.0 Å². The van der Waals surface area contributed by atoms with E-state index in [1.165, 1.54) is 12.1 Å². The highest BCUT2D eigenvalue weighted by Crippen LogP contribution is 2.36. The van der Waals surface area contributed by atoms with Gasteiger partial charge in [-0.15, -0.1) is 0 Å². The van der Waals surface area contributed by atoms with E-state index >= 15 is 0 Å². The van der Waals surface area contributed by atoms with Gasteiger partial charge in [0.25, 0.3) is 0 Å². The summed E-state index contributed by atoms with van der Waals surface area (Å²) in [6.07, 6.45) is 0. The zero-order valence-corrected chi connectivity index (χ0v) is 30.9. The summed E-state index contributed by atoms with van der Waals surface area (Å²) in [6, 6.07) is 59.9. The molecule has 3 heterocycles. The molecule has 9 heteroatoms. The van der Waals surface area contributed by atoms with Crippen molar-refractivity contribution in [3.63, 3.8) is 0 Å². The van der Waals surface area contributed by atoms with Crippen LogP contribution >= 0.6 is 0 Å². The third-order valence-electron chi connectivity index (χ3n) is 9.75. The summed E-state index contributed by atoms with van der Waals surface area (Å²) in [5, 5.41) is 0. The third-order valence-corrected chi connectivity index (χ3v) is 9.75. The minimum absolute atomic E-state index is 0.324. The summed E-state index contributed by atoms with van der Waals surface area (Å²) in [5.41, 5.74) is 7.98. The van der Waals surface area contributed by atoms with Gasteiger partial charge in [-0.05, 0) is 54.6 Å². The molecule has 0 bridgehead atoms. The molecule has 7 aromatic carbocycles. The number of rotatable bonds is 8. The van der Waals surface area contributed by atoms with E-state index in [9.17, 15) is 4.39 Å². The smallest absolute Gasteiger partial charge is 0.164 e. The maximum absolute atomic E-state index is 14.3. The summed E-state index contributed by atoms with van der Waals surface area (Å²) in [5.74, 6) is 3.37. The first-order chi connectivity index (χ1) is 28.6. The van der Waals surface area contributed by atoms with Crippen LogP contribution < -0.4 is 0 Å². The van der Waals surface area contributed by atoms with Gasteiger partial charge < -0.3 is 0 Å². The number of fused-ring (bicyclic) bond motifs is 1. The average Bonchev–Trinajstić information content (AvgIpc) is 3.70. The molecule has 0 radical (unpaired) electrons. The zero-order chi connectivity index (χ0) is 38.8. The Morgan fingerprint density at radius 1 is 0.310 bits per heavy atom. The monoisotopic (exact) mass is 750 g/mol. The van der Waals surface area contributed by atoms with E-state index in [-0.39, 0.29) is 5.82 Å². The van der Waals surface area contributed by atoms with Crippen molar-refractivity contribution >= 4 is 11.0 Å². The Balaban J connectivity index is 1.26. The average molecular weight is 751 g/mol. The number of nitrogens with zero attached hydrogens (tertiary/aromatic N) is 8. The van der Waals surface area contributed by atoms with E-state index in [0.717, 1.165) is 44.5 Å². The van der Waals surface area contributed by atoms with Crippen LogP contribution in [0.3, 0.4) is 0 Å². The van der Waals surface area contributed by atoms with E-state index in [0.29, 0.717) is 51.9 Å². The largest absolute Gasteiger partial charge is 0.292 e. The van der Waals surface area contributed by atoms with Crippen molar-refractivity contribution in [2.24, 2.45) is 0 Å². The normalized spacial score (nSPS) is 11.2. The molecule has 0 fully saturated rings. The SMILES string of the molecule is Fc1ccc(-n2c(-c3cc(-c4nc(-c5ccccc5)nc(-c5ccccc5)n4)cc(-c4nc(-c5ccccc5)nc(-c5ccccc5)n4)c3)nc3ccccc32)cc1. The molecule has 0 aliphatic rings. The van der Waals surface area contributed by atoms with Crippen LogP contribution in [0, 0.1) is 5.82 Å². The molecule has 0 saturated heterocycles. The molecule has 3 aromatic heterocycles. The number of hydrogen-bond donors (Lipinski definition) is 0. The minimum atomic E-state index is -0.324. The second-order valence-electron chi connectivity index (χ2n) is 13.6. The first-order valence-corrected chi connectivity index (χ1v) is 18.8. The second kappa shape index (κ2) is 14.9. The molecule has 0 aliphatic carbocycles. The lowest BCUT2D eigenvalue weighted by Gasteiger charge is -2.14. The highest BCUT2D eigenvalue weighted by Gasteiger charge is 2.21. The minimum Gasteiger partial charge on any atom is -0.292 e. The fraction of sp³-hybridized carbons (Fsp3) is 0. The molecule has 274 valence electrons. The predicted molar refractivity (Wildman–Crippen MR) is 226 cm³/mol. The summed E-state index contributed by atoms with van der Waals surface area (Å²) in [7, 11) is 0. The van der Waals surface area contributed by atoms with Gasteiger partial charge in [-0.25, -0.2) is 39.3 Å². The van der Waals surface area contributed by atoms with Crippen molar-refractivity contribution in [3.05, 3.63) is 194 Å². The molecule has 0 saturated carbocycles. The predicted octanol–water partition coefficient (Wildman–Crippen LogP) is 11.2. The Labute approximate surface area is 333 Å². The molecule has 0 aliphatic heterocycles. The van der Waals surface area contributed by atoms with Crippen molar-refractivity contribution in [3.8, 4) is 85.4 Å². The van der Waals surface area contributed by atoms with Gasteiger partial charge in [0.1, 0.15) is 11.6 Å². The van der Waals surface area contributed by atoms with E-state index in [4.69, 9.17) is 34.9 Å². The number of halogens is 1. The van der Waals surface area contributed by atoms with Gasteiger partial charge in [0, 0.05) is 44.6 Å². The lowest BCUT2D eigenvalue weighted by atomic mass is 10.0. The lowest BCUT2D eigenvalue weighted by Crippen LogP contribution is -2.03. The molecular formula is C49H31FN8. The van der Waals surface area contributed by atoms with Crippen LogP contribution in [0.1, 0.15) is 0 Å². The van der Waals surface area contributed by atoms with Gasteiger partial charge in [0.15, 0.2) is 34.9 Å². The quantitative estimate of drug-likeness (QED) is 0.153. The molecule has 0 amide bonds. The Hall–Kier alpha value is -8.04. The van der Waals surface area contributed by atoms with Crippen molar-refractivity contribution in [1.29, 1.82) is 0 Å². The topological polar surface area (TPSA) is 95.2 Å². The van der Waals surface area contributed by atoms with Crippen molar-refractivity contribution in [2.45, 2.75) is 0 Å². The molecule has 0 N–H and O–H groups in total. The maximum atomic E-state index is 14.3. The van der Waals surface area contributed by atoms with E-state index in [2.05, 4.69) is 0 Å². The Morgan fingerprint density at radius 2 is 0.655 bits per heavy atom. The number of aromatic nitrogens is 8. The summed E-state index contributed by atoms with van der Waals surface area (Å²) in [4.78, 5) is 35.4. The Bertz CT molecular complexity index is 2790. The second-order valence-corrected chi connectivity index (χ2v) is 13.6. The van der Waals surface area contributed by atoms with Crippen LogP contribution in [0.4, 0.5) is 4.39 Å². The van der Waals surface area contributed by atoms with Crippen LogP contribution in [0.5, 0.6) is 0 Å². The Kier molecular flexibility index (Phi) is 8.85. The zero-order valence-electron chi connectivity index (χ0n) is 30.9. The molecule has 58 heavy (non-hydrogen) atoms. The third kappa shape index (κ3) is 6.77. The van der Waals surface area contributed by atoms with Gasteiger partial charge in [-0.1, -0.05) is 133 Å². The number of benzene rings is 7. The van der Waals surface area contributed by atoms with Gasteiger partial charge in [-0.2, -0.15) is 0 Å². The van der Waals surface area contributed by atoms with Crippen LogP contribution in [-0.2, 0) is 0 Å². The van der Waals surface area contributed by atoms with Gasteiger partial charge >= 0.3 is 0 Å². The van der Waals surface area contributed by atoms with E-state index < -0.39 is 0 Å². The molecule has 8 nitrogen and oxygen atoms in total. The number of para-hydroxylation sites is 2. The van der Waals surface area contributed by atoms with Crippen LogP contribution in [0.15, 0.2) is 188 Å². The van der Waals surface area contributed by atoms with E-state index in [1.54, 1.807) is 12.1 Å². The maximum Gasteiger partial charge on any atom is 0.164 e. The molecule has 0 atom stereocenters. The summed E-state index contributed by atoms with van der Waals surface area (Å²) < 4.78 is 16.3. The molecular weight excluding hydrogens is 720 g/mol. The first kappa shape index (κ1) is 34.5. The van der Waals surface area contributed by atoms with E-state index in [1.807, 2.05) is 168 Å². The van der Waals surface area contributed by atoms with Gasteiger partial charge in [-0.3, -0.25) is 4.57 Å². The fourth-order valence-corrected chi connectivity index (χ4v) is 6.96. The molecule has 10 rings (SSSR count). The molecule has 0 unspecified atom stereocenters. The highest BCUT2D eigenvalue weighted by molar-refractivity contribution is 5.86. The van der Waals surface area contributed by atoms with Gasteiger partial charge in [0.2, 0.25) is 0 Å². The van der Waals surface area contributed by atoms with Crippen LogP contribution in [0.25, 0.3) is 96.4 Å². The molecule has 0 spiro atoms. The summed E-state index contributed by atoms with van der Waals surface area (Å²) in [6.45, 7) is 0. The van der Waals surface area contributed by atoms with Crippen molar-refractivity contribution in [1.82, 2.24) is 39.5 Å². The summed E-state index contributed by atoms with van der Waals surface area (Å²) >= 11 is 0. The Morgan fingerprint density at radius 3 is 1.07 bits per heavy atom. The highest BCUT2D eigenvalue weighted by atomic mass is 19.1.